The van der Waals surface area contributed by atoms with E-state index in [0.29, 0.717) is 5.69 Å². The molecule has 2 aliphatic heterocycles. The lowest BCUT2D eigenvalue weighted by Gasteiger charge is -2.18. The van der Waals surface area contributed by atoms with Crippen LogP contribution in [0.4, 0.5) is 17.1 Å². The summed E-state index contributed by atoms with van der Waals surface area (Å²) in [5.74, 6) is -0.428. The molecule has 0 aliphatic carbocycles. The van der Waals surface area contributed by atoms with Gasteiger partial charge in [-0.3, -0.25) is 9.59 Å². The first-order valence-electron chi connectivity index (χ1n) is 5.65. The first-order chi connectivity index (χ1) is 8.42. The Bertz CT molecular complexity index is 587. The third-order valence-corrected chi connectivity index (χ3v) is 3.95. The van der Waals surface area contributed by atoms with Crippen LogP contribution in [0.2, 0.25) is 0 Å². The number of amides is 1. The lowest BCUT2D eigenvalue weighted by Crippen LogP contribution is -2.37. The van der Waals surface area contributed by atoms with E-state index in [1.165, 1.54) is 6.92 Å². The number of carbonyl (C=O) groups excluding carboxylic acids is 2. The zero-order valence-corrected chi connectivity index (χ0v) is 10.9. The van der Waals surface area contributed by atoms with Gasteiger partial charge in [-0.05, 0) is 26.0 Å². The molecular formula is C12H13N3O2S. The quantitative estimate of drug-likeness (QED) is 0.458. The molecular weight excluding hydrogens is 250 g/mol. The van der Waals surface area contributed by atoms with Gasteiger partial charge in [-0.25, -0.2) is 0 Å². The molecule has 1 aromatic rings. The SMILES string of the molecule is CC(=O)C1(C)C(=O)Nc2cc3c(cc21)NC(S)N3. The molecule has 3 rings (SSSR count). The van der Waals surface area contributed by atoms with Gasteiger partial charge in [0.1, 0.15) is 16.7 Å². The number of rotatable bonds is 1. The van der Waals surface area contributed by atoms with Gasteiger partial charge in [-0.2, -0.15) is 0 Å². The Labute approximate surface area is 110 Å². The second kappa shape index (κ2) is 3.41. The standard InChI is InChI=1S/C12H13N3O2S/c1-5(16)12(2)6-3-8-9(15-11(18)14-8)4-7(6)13-10(12)17/h3-4,11,14-15,18H,1-2H3,(H,13,17). The Hall–Kier alpha value is -1.69. The number of carbonyl (C=O) groups is 2. The predicted octanol–water partition coefficient (Wildman–Crippen LogP) is 1.54. The molecule has 2 aliphatic rings. The summed E-state index contributed by atoms with van der Waals surface area (Å²) in [4.78, 5) is 23.8. The fraction of sp³-hybridized carbons (Fsp3) is 0.333. The first kappa shape index (κ1) is 11.4. The fourth-order valence-corrected chi connectivity index (χ4v) is 2.68. The van der Waals surface area contributed by atoms with Gasteiger partial charge in [0.05, 0.1) is 11.4 Å². The highest BCUT2D eigenvalue weighted by Gasteiger charge is 2.47. The average molecular weight is 263 g/mol. The molecule has 0 aromatic heterocycles. The summed E-state index contributed by atoms with van der Waals surface area (Å²) >= 11 is 4.28. The third kappa shape index (κ3) is 1.29. The zero-order chi connectivity index (χ0) is 13.1. The number of hydrogen-bond donors (Lipinski definition) is 4. The van der Waals surface area contributed by atoms with Crippen molar-refractivity contribution in [2.24, 2.45) is 0 Å². The molecule has 0 saturated heterocycles. The van der Waals surface area contributed by atoms with E-state index in [0.717, 1.165) is 16.9 Å². The topological polar surface area (TPSA) is 70.2 Å². The van der Waals surface area contributed by atoms with Gasteiger partial charge in [0.25, 0.3) is 0 Å². The van der Waals surface area contributed by atoms with Crippen molar-refractivity contribution in [2.45, 2.75) is 24.8 Å². The first-order valence-corrected chi connectivity index (χ1v) is 6.16. The summed E-state index contributed by atoms with van der Waals surface area (Å²) in [6, 6.07) is 3.67. The van der Waals surface area contributed by atoms with Crippen LogP contribution >= 0.6 is 12.6 Å². The van der Waals surface area contributed by atoms with Crippen molar-refractivity contribution in [3.8, 4) is 0 Å². The summed E-state index contributed by atoms with van der Waals surface area (Å²) in [6.45, 7) is 3.10. The lowest BCUT2D eigenvalue weighted by atomic mass is 9.80. The number of Topliss-reactive ketones (excluding diaryl/α,β-unsaturated/α-hetero) is 1. The smallest absolute Gasteiger partial charge is 0.242 e. The molecule has 2 atom stereocenters. The second-order valence-electron chi connectivity index (χ2n) is 4.77. The number of anilines is 3. The number of ketones is 1. The van der Waals surface area contributed by atoms with E-state index >= 15 is 0 Å². The van der Waals surface area contributed by atoms with Crippen LogP contribution in [-0.4, -0.2) is 17.2 Å². The number of benzene rings is 1. The highest BCUT2D eigenvalue weighted by Crippen LogP contribution is 2.44. The van der Waals surface area contributed by atoms with Crippen molar-refractivity contribution in [2.75, 3.05) is 16.0 Å². The summed E-state index contributed by atoms with van der Waals surface area (Å²) in [6.07, 6.45) is 0. The van der Waals surface area contributed by atoms with Crippen LogP contribution in [0.5, 0.6) is 0 Å². The van der Waals surface area contributed by atoms with Crippen LogP contribution in [0, 0.1) is 0 Å². The Kier molecular flexibility index (Phi) is 2.16. The monoisotopic (exact) mass is 263 g/mol. The minimum atomic E-state index is -1.10. The maximum Gasteiger partial charge on any atom is 0.242 e. The number of nitrogens with one attached hydrogen (secondary N) is 3. The van der Waals surface area contributed by atoms with Gasteiger partial charge in [0, 0.05) is 11.3 Å². The number of thiol groups is 1. The van der Waals surface area contributed by atoms with Gasteiger partial charge in [0.15, 0.2) is 0 Å². The molecule has 5 nitrogen and oxygen atoms in total. The third-order valence-electron chi connectivity index (χ3n) is 3.69. The van der Waals surface area contributed by atoms with Crippen molar-refractivity contribution < 1.29 is 9.59 Å². The van der Waals surface area contributed by atoms with Gasteiger partial charge in [-0.15, -0.1) is 12.6 Å². The number of hydrogen-bond acceptors (Lipinski definition) is 5. The van der Waals surface area contributed by atoms with Crippen LogP contribution < -0.4 is 16.0 Å². The maximum atomic E-state index is 12.0. The van der Waals surface area contributed by atoms with Gasteiger partial charge in [0.2, 0.25) is 5.91 Å². The van der Waals surface area contributed by atoms with Crippen LogP contribution in [0.1, 0.15) is 19.4 Å². The molecule has 94 valence electrons. The van der Waals surface area contributed by atoms with Crippen molar-refractivity contribution >= 4 is 41.4 Å². The van der Waals surface area contributed by atoms with E-state index in [1.807, 2.05) is 12.1 Å². The minimum absolute atomic E-state index is 0.151. The van der Waals surface area contributed by atoms with E-state index in [-0.39, 0.29) is 17.2 Å². The molecule has 2 heterocycles. The molecule has 6 heteroatoms. The highest BCUT2D eigenvalue weighted by atomic mass is 32.1. The average Bonchev–Trinajstić information content (AvgIpc) is 2.75. The summed E-state index contributed by atoms with van der Waals surface area (Å²) in [5, 5.41) is 9.00. The van der Waals surface area contributed by atoms with Crippen LogP contribution in [-0.2, 0) is 15.0 Å². The lowest BCUT2D eigenvalue weighted by molar-refractivity contribution is -0.130. The summed E-state index contributed by atoms with van der Waals surface area (Å²) in [5.41, 5.74) is 1.89. The van der Waals surface area contributed by atoms with Gasteiger partial charge < -0.3 is 16.0 Å². The van der Waals surface area contributed by atoms with E-state index in [4.69, 9.17) is 0 Å². The van der Waals surface area contributed by atoms with Crippen molar-refractivity contribution in [3.05, 3.63) is 17.7 Å². The minimum Gasteiger partial charge on any atom is -0.355 e. The molecule has 0 spiro atoms. The summed E-state index contributed by atoms with van der Waals surface area (Å²) < 4.78 is 0. The molecule has 2 unspecified atom stereocenters. The summed E-state index contributed by atoms with van der Waals surface area (Å²) in [7, 11) is 0. The Morgan fingerprint density at radius 1 is 1.28 bits per heavy atom. The molecule has 0 saturated carbocycles. The molecule has 0 fully saturated rings. The molecule has 0 radical (unpaired) electrons. The fourth-order valence-electron chi connectivity index (χ4n) is 2.41. The van der Waals surface area contributed by atoms with E-state index in [1.54, 1.807) is 6.92 Å². The Morgan fingerprint density at radius 2 is 1.89 bits per heavy atom. The molecule has 18 heavy (non-hydrogen) atoms. The van der Waals surface area contributed by atoms with Crippen molar-refractivity contribution in [3.63, 3.8) is 0 Å². The van der Waals surface area contributed by atoms with Gasteiger partial charge >= 0.3 is 0 Å². The van der Waals surface area contributed by atoms with Crippen molar-refractivity contribution in [1.82, 2.24) is 0 Å². The van der Waals surface area contributed by atoms with Crippen molar-refractivity contribution in [1.29, 1.82) is 0 Å². The maximum absolute atomic E-state index is 12.0. The van der Waals surface area contributed by atoms with E-state index < -0.39 is 5.41 Å². The molecule has 3 N–H and O–H groups in total. The Morgan fingerprint density at radius 3 is 2.50 bits per heavy atom. The molecule has 1 amide bonds. The van der Waals surface area contributed by atoms with Gasteiger partial charge in [-0.1, -0.05) is 0 Å². The van der Waals surface area contributed by atoms with Crippen LogP contribution in [0.15, 0.2) is 12.1 Å². The van der Waals surface area contributed by atoms with Crippen LogP contribution in [0.25, 0.3) is 0 Å². The highest BCUT2D eigenvalue weighted by molar-refractivity contribution is 7.81. The van der Waals surface area contributed by atoms with E-state index in [9.17, 15) is 9.59 Å². The normalized spacial score (nSPS) is 27.9. The number of fused-ring (bicyclic) bond motifs is 2. The largest absolute Gasteiger partial charge is 0.355 e. The molecule has 0 bridgehead atoms. The van der Waals surface area contributed by atoms with Crippen LogP contribution in [0.3, 0.4) is 0 Å². The zero-order valence-electron chi connectivity index (χ0n) is 10.00. The second-order valence-corrected chi connectivity index (χ2v) is 5.29. The Balaban J connectivity index is 2.18. The van der Waals surface area contributed by atoms with E-state index in [2.05, 4.69) is 28.6 Å². The molecule has 1 aromatic carbocycles. The predicted molar refractivity (Wildman–Crippen MR) is 73.1 cm³/mol.